The van der Waals surface area contributed by atoms with E-state index >= 15 is 0 Å². The lowest BCUT2D eigenvalue weighted by molar-refractivity contribution is -0.138. The molecular weight excluding hydrogens is 396 g/mol. The lowest BCUT2D eigenvalue weighted by atomic mass is 10.1. The summed E-state index contributed by atoms with van der Waals surface area (Å²) in [5, 5.41) is 2.70. The molecule has 0 spiro atoms. The van der Waals surface area contributed by atoms with E-state index in [-0.39, 0.29) is 42.6 Å². The van der Waals surface area contributed by atoms with Crippen molar-refractivity contribution in [3.8, 4) is 18.1 Å². The van der Waals surface area contributed by atoms with Crippen LogP contribution in [0.2, 0.25) is 0 Å². The van der Waals surface area contributed by atoms with Gasteiger partial charge in [0.15, 0.2) is 0 Å². The summed E-state index contributed by atoms with van der Waals surface area (Å²) < 4.78 is 5.16. The molecule has 1 N–H and O–H groups in total. The van der Waals surface area contributed by atoms with E-state index < -0.39 is 0 Å². The van der Waals surface area contributed by atoms with E-state index in [1.165, 1.54) is 0 Å². The molecule has 166 valence electrons. The van der Waals surface area contributed by atoms with E-state index in [4.69, 9.17) is 11.2 Å². The number of carbonyl (C=O) groups excluding carboxylic acids is 3. The zero-order valence-electron chi connectivity index (χ0n) is 18.2. The van der Waals surface area contributed by atoms with Crippen molar-refractivity contribution in [3.05, 3.63) is 29.8 Å². The van der Waals surface area contributed by atoms with Gasteiger partial charge in [0.25, 0.3) is 0 Å². The summed E-state index contributed by atoms with van der Waals surface area (Å²) in [5.41, 5.74) is 1.01. The molecule has 31 heavy (non-hydrogen) atoms. The third-order valence-corrected chi connectivity index (χ3v) is 6.01. The predicted octanol–water partition coefficient (Wildman–Crippen LogP) is 0.326. The molecule has 1 aromatic rings. The summed E-state index contributed by atoms with van der Waals surface area (Å²) in [6, 6.07) is 7.30. The number of hydrogen-bond donors (Lipinski definition) is 1. The lowest BCUT2D eigenvalue weighted by Crippen LogP contribution is -2.55. The number of methoxy groups -OCH3 is 1. The maximum atomic E-state index is 13.0. The largest absolute Gasteiger partial charge is 0.497 e. The summed E-state index contributed by atoms with van der Waals surface area (Å²) >= 11 is 0. The zero-order valence-corrected chi connectivity index (χ0v) is 18.2. The average Bonchev–Trinajstić information content (AvgIpc) is 3.17. The molecule has 2 saturated heterocycles. The van der Waals surface area contributed by atoms with Gasteiger partial charge in [-0.3, -0.25) is 19.3 Å². The normalized spacial score (nSPS) is 20.3. The minimum atomic E-state index is -0.311. The second-order valence-electron chi connectivity index (χ2n) is 7.98. The van der Waals surface area contributed by atoms with Crippen LogP contribution >= 0.6 is 0 Å². The highest BCUT2D eigenvalue weighted by Crippen LogP contribution is 2.24. The number of rotatable bonds is 7. The van der Waals surface area contributed by atoms with Crippen molar-refractivity contribution >= 4 is 17.7 Å². The summed E-state index contributed by atoms with van der Waals surface area (Å²) in [7, 11) is 1.61. The highest BCUT2D eigenvalue weighted by Gasteiger charge is 2.37. The van der Waals surface area contributed by atoms with E-state index in [1.807, 2.05) is 41.0 Å². The first-order valence-corrected chi connectivity index (χ1v) is 10.6. The Labute approximate surface area is 183 Å². The quantitative estimate of drug-likeness (QED) is 0.636. The number of terminal acetylenes is 1. The molecule has 3 rings (SSSR count). The van der Waals surface area contributed by atoms with Crippen molar-refractivity contribution in [2.45, 2.75) is 25.9 Å². The van der Waals surface area contributed by atoms with Crippen LogP contribution in [0.25, 0.3) is 0 Å². The van der Waals surface area contributed by atoms with Crippen LogP contribution in [0.1, 0.15) is 18.9 Å². The maximum absolute atomic E-state index is 13.0. The lowest BCUT2D eigenvalue weighted by Gasteiger charge is -2.38. The number of likely N-dealkylation sites (tertiary alicyclic amines) is 1. The molecule has 2 fully saturated rings. The molecule has 2 unspecified atom stereocenters. The Morgan fingerprint density at radius 3 is 2.52 bits per heavy atom. The maximum Gasteiger partial charge on any atom is 0.237 e. The highest BCUT2D eigenvalue weighted by atomic mass is 16.5. The predicted molar refractivity (Wildman–Crippen MR) is 116 cm³/mol. The second kappa shape index (κ2) is 10.3. The molecule has 2 heterocycles. The van der Waals surface area contributed by atoms with Gasteiger partial charge in [-0.15, -0.1) is 6.42 Å². The molecule has 2 aliphatic heterocycles. The van der Waals surface area contributed by atoms with Gasteiger partial charge in [0.05, 0.1) is 25.6 Å². The number of benzene rings is 1. The van der Waals surface area contributed by atoms with Gasteiger partial charge in [-0.25, -0.2) is 0 Å². The van der Waals surface area contributed by atoms with Crippen molar-refractivity contribution in [1.29, 1.82) is 0 Å². The molecule has 2 atom stereocenters. The molecule has 2 aliphatic rings. The molecule has 0 aliphatic carbocycles. The van der Waals surface area contributed by atoms with Gasteiger partial charge < -0.3 is 19.9 Å². The van der Waals surface area contributed by atoms with Crippen LogP contribution in [0.15, 0.2) is 24.3 Å². The molecule has 8 heteroatoms. The van der Waals surface area contributed by atoms with Gasteiger partial charge in [0, 0.05) is 45.7 Å². The van der Waals surface area contributed by atoms with Crippen LogP contribution in [-0.4, -0.2) is 84.8 Å². The Hall–Kier alpha value is -3.05. The Kier molecular flexibility index (Phi) is 7.53. The van der Waals surface area contributed by atoms with Gasteiger partial charge in [0.2, 0.25) is 17.7 Å². The Balaban J connectivity index is 1.49. The Morgan fingerprint density at radius 1 is 1.23 bits per heavy atom. The Bertz CT molecular complexity index is 840. The monoisotopic (exact) mass is 426 g/mol. The van der Waals surface area contributed by atoms with E-state index in [0.717, 1.165) is 11.3 Å². The smallest absolute Gasteiger partial charge is 0.237 e. The van der Waals surface area contributed by atoms with Crippen molar-refractivity contribution in [1.82, 2.24) is 20.0 Å². The zero-order chi connectivity index (χ0) is 22.4. The topological polar surface area (TPSA) is 82.2 Å². The SMILES string of the molecule is C#CCNC(=O)C(C)N1CCN(C(=O)C2CC(=O)N(Cc3ccc(OC)cc3)C2)CC1. The molecule has 3 amide bonds. The third kappa shape index (κ3) is 5.56. The summed E-state index contributed by atoms with van der Waals surface area (Å²) in [6.45, 7) is 5.32. The summed E-state index contributed by atoms with van der Waals surface area (Å²) in [4.78, 5) is 43.2. The van der Waals surface area contributed by atoms with E-state index in [1.54, 1.807) is 12.0 Å². The average molecular weight is 427 g/mol. The molecule has 0 bridgehead atoms. The van der Waals surface area contributed by atoms with Gasteiger partial charge in [-0.2, -0.15) is 0 Å². The van der Waals surface area contributed by atoms with Crippen molar-refractivity contribution in [3.63, 3.8) is 0 Å². The number of amides is 3. The molecule has 1 aromatic carbocycles. The number of hydrogen-bond acceptors (Lipinski definition) is 5. The van der Waals surface area contributed by atoms with Crippen LogP contribution < -0.4 is 10.1 Å². The van der Waals surface area contributed by atoms with Gasteiger partial charge >= 0.3 is 0 Å². The van der Waals surface area contributed by atoms with Crippen molar-refractivity contribution in [2.75, 3.05) is 46.4 Å². The number of nitrogens with one attached hydrogen (secondary N) is 1. The van der Waals surface area contributed by atoms with Crippen molar-refractivity contribution < 1.29 is 19.1 Å². The van der Waals surface area contributed by atoms with Crippen LogP contribution in [0.4, 0.5) is 0 Å². The van der Waals surface area contributed by atoms with Crippen LogP contribution in [0.3, 0.4) is 0 Å². The van der Waals surface area contributed by atoms with Crippen LogP contribution in [0.5, 0.6) is 5.75 Å². The minimum absolute atomic E-state index is 0.00612. The minimum Gasteiger partial charge on any atom is -0.497 e. The van der Waals surface area contributed by atoms with E-state index in [0.29, 0.717) is 39.3 Å². The first-order valence-electron chi connectivity index (χ1n) is 10.6. The number of carbonyl (C=O) groups is 3. The van der Waals surface area contributed by atoms with Gasteiger partial charge in [0.1, 0.15) is 5.75 Å². The van der Waals surface area contributed by atoms with Gasteiger partial charge in [-0.1, -0.05) is 18.1 Å². The fraction of sp³-hybridized carbons (Fsp3) is 0.522. The first-order chi connectivity index (χ1) is 14.9. The third-order valence-electron chi connectivity index (χ3n) is 6.01. The number of piperazine rings is 1. The standard InChI is InChI=1S/C23H30N4O4/c1-4-9-24-22(29)17(2)25-10-12-26(13-11-25)23(30)19-14-21(28)27(16-19)15-18-5-7-20(31-3)8-6-18/h1,5-8,17,19H,9-16H2,2-3H3,(H,24,29). The van der Waals surface area contributed by atoms with Crippen molar-refractivity contribution in [2.24, 2.45) is 5.92 Å². The number of ether oxygens (including phenoxy) is 1. The van der Waals surface area contributed by atoms with Crippen LogP contribution in [0, 0.1) is 18.3 Å². The fourth-order valence-electron chi connectivity index (χ4n) is 4.08. The molecule has 8 nitrogen and oxygen atoms in total. The van der Waals surface area contributed by atoms with E-state index in [2.05, 4.69) is 11.2 Å². The molecule has 0 radical (unpaired) electrons. The highest BCUT2D eigenvalue weighted by molar-refractivity contribution is 5.89. The molecular formula is C23H30N4O4. The second-order valence-corrected chi connectivity index (χ2v) is 7.98. The molecule has 0 saturated carbocycles. The summed E-state index contributed by atoms with van der Waals surface area (Å²) in [6.07, 6.45) is 5.44. The fourth-order valence-corrected chi connectivity index (χ4v) is 4.08. The number of nitrogens with zero attached hydrogens (tertiary/aromatic N) is 3. The Morgan fingerprint density at radius 2 is 1.90 bits per heavy atom. The molecule has 0 aromatic heterocycles. The summed E-state index contributed by atoms with van der Waals surface area (Å²) in [5.74, 6) is 2.78. The first kappa shape index (κ1) is 22.6. The van der Waals surface area contributed by atoms with Crippen LogP contribution in [-0.2, 0) is 20.9 Å². The van der Waals surface area contributed by atoms with Gasteiger partial charge in [-0.05, 0) is 24.6 Å². The van der Waals surface area contributed by atoms with E-state index in [9.17, 15) is 14.4 Å².